The molecule has 7 heteroatoms. The van der Waals surface area contributed by atoms with Crippen molar-refractivity contribution >= 4 is 5.91 Å². The SMILES string of the molecule is Cc1ccccc1CN1CCC2(CCC(CNC(=O)CCn3cncn3)O2)CC1. The summed E-state index contributed by atoms with van der Waals surface area (Å²) in [6.07, 6.45) is 7.94. The van der Waals surface area contributed by atoms with Crippen LogP contribution in [0.4, 0.5) is 0 Å². The maximum absolute atomic E-state index is 12.1. The number of ether oxygens (including phenoxy) is 1. The van der Waals surface area contributed by atoms with Crippen LogP contribution in [0.15, 0.2) is 36.9 Å². The summed E-state index contributed by atoms with van der Waals surface area (Å²) in [6.45, 7) is 6.51. The average Bonchev–Trinajstić information content (AvgIpc) is 3.39. The van der Waals surface area contributed by atoms with Crippen LogP contribution in [0.1, 0.15) is 43.2 Å². The minimum Gasteiger partial charge on any atom is -0.370 e. The highest BCUT2D eigenvalue weighted by Crippen LogP contribution is 2.39. The first-order valence-electron chi connectivity index (χ1n) is 10.7. The van der Waals surface area contributed by atoms with Gasteiger partial charge in [-0.1, -0.05) is 24.3 Å². The van der Waals surface area contributed by atoms with Gasteiger partial charge < -0.3 is 10.1 Å². The van der Waals surface area contributed by atoms with Crippen LogP contribution in [-0.2, 0) is 22.6 Å². The van der Waals surface area contributed by atoms with Gasteiger partial charge in [0.2, 0.25) is 5.91 Å². The smallest absolute Gasteiger partial charge is 0.221 e. The monoisotopic (exact) mass is 397 g/mol. The Hall–Kier alpha value is -2.25. The number of hydrogen-bond acceptors (Lipinski definition) is 5. The predicted molar refractivity (Wildman–Crippen MR) is 110 cm³/mol. The van der Waals surface area contributed by atoms with E-state index in [-0.39, 0.29) is 17.6 Å². The van der Waals surface area contributed by atoms with Gasteiger partial charge in [0.05, 0.1) is 18.2 Å². The van der Waals surface area contributed by atoms with E-state index in [0.717, 1.165) is 45.3 Å². The van der Waals surface area contributed by atoms with Gasteiger partial charge in [-0.2, -0.15) is 5.10 Å². The number of benzene rings is 1. The largest absolute Gasteiger partial charge is 0.370 e. The van der Waals surface area contributed by atoms with Gasteiger partial charge in [0, 0.05) is 32.6 Å². The lowest BCUT2D eigenvalue weighted by atomic mass is 9.88. The molecule has 1 unspecified atom stereocenters. The first-order chi connectivity index (χ1) is 14.1. The van der Waals surface area contributed by atoms with Gasteiger partial charge in [0.15, 0.2) is 0 Å². The van der Waals surface area contributed by atoms with Crippen molar-refractivity contribution in [3.8, 4) is 0 Å². The van der Waals surface area contributed by atoms with Crippen LogP contribution in [0.2, 0.25) is 0 Å². The molecule has 1 aromatic carbocycles. The second-order valence-corrected chi connectivity index (χ2v) is 8.38. The third kappa shape index (κ3) is 5.22. The van der Waals surface area contributed by atoms with Gasteiger partial charge in [0.25, 0.3) is 0 Å². The molecule has 2 aliphatic heterocycles. The average molecular weight is 398 g/mol. The Morgan fingerprint density at radius 3 is 2.86 bits per heavy atom. The molecule has 2 saturated heterocycles. The molecule has 2 aliphatic rings. The summed E-state index contributed by atoms with van der Waals surface area (Å²) in [5.41, 5.74) is 2.80. The molecule has 1 atom stereocenters. The zero-order valence-corrected chi connectivity index (χ0v) is 17.2. The predicted octanol–water partition coefficient (Wildman–Crippen LogP) is 2.31. The Bertz CT molecular complexity index is 799. The fourth-order valence-electron chi connectivity index (χ4n) is 4.43. The molecule has 7 nitrogen and oxygen atoms in total. The van der Waals surface area contributed by atoms with E-state index in [1.54, 1.807) is 11.0 Å². The van der Waals surface area contributed by atoms with Gasteiger partial charge in [-0.25, -0.2) is 4.98 Å². The molecular formula is C22H31N5O2. The summed E-state index contributed by atoms with van der Waals surface area (Å²) in [7, 11) is 0. The molecule has 0 bridgehead atoms. The molecule has 156 valence electrons. The van der Waals surface area contributed by atoms with E-state index in [9.17, 15) is 4.79 Å². The summed E-state index contributed by atoms with van der Waals surface area (Å²) in [4.78, 5) is 18.5. The number of nitrogens with zero attached hydrogens (tertiary/aromatic N) is 4. The molecule has 1 N–H and O–H groups in total. The topological polar surface area (TPSA) is 72.3 Å². The van der Waals surface area contributed by atoms with Crippen molar-refractivity contribution in [2.45, 2.75) is 63.8 Å². The van der Waals surface area contributed by atoms with Gasteiger partial charge in [-0.05, 0) is 43.7 Å². The number of aryl methyl sites for hydroxylation is 2. The Labute approximate surface area is 172 Å². The molecule has 0 radical (unpaired) electrons. The molecule has 1 amide bonds. The first kappa shape index (κ1) is 20.0. The van der Waals surface area contributed by atoms with E-state index in [1.807, 2.05) is 0 Å². The number of nitrogens with one attached hydrogen (secondary N) is 1. The van der Waals surface area contributed by atoms with Crippen molar-refractivity contribution in [2.75, 3.05) is 19.6 Å². The lowest BCUT2D eigenvalue weighted by Gasteiger charge is -2.39. The molecule has 4 rings (SSSR count). The highest BCUT2D eigenvalue weighted by atomic mass is 16.5. The third-order valence-electron chi connectivity index (χ3n) is 6.32. The minimum atomic E-state index is 0.0123. The molecule has 1 spiro atoms. The summed E-state index contributed by atoms with van der Waals surface area (Å²) in [6, 6.07) is 8.64. The second-order valence-electron chi connectivity index (χ2n) is 8.38. The van der Waals surface area contributed by atoms with E-state index in [2.05, 4.69) is 51.5 Å². The van der Waals surface area contributed by atoms with Crippen LogP contribution in [0.5, 0.6) is 0 Å². The van der Waals surface area contributed by atoms with Crippen LogP contribution in [0.3, 0.4) is 0 Å². The lowest BCUT2D eigenvalue weighted by Crippen LogP contribution is -2.45. The maximum Gasteiger partial charge on any atom is 0.221 e. The van der Waals surface area contributed by atoms with Crippen LogP contribution < -0.4 is 5.32 Å². The van der Waals surface area contributed by atoms with Gasteiger partial charge in [-0.3, -0.25) is 14.4 Å². The quantitative estimate of drug-likeness (QED) is 0.776. The highest BCUT2D eigenvalue weighted by molar-refractivity contribution is 5.75. The summed E-state index contributed by atoms with van der Waals surface area (Å²) in [5, 5.41) is 7.04. The molecule has 0 saturated carbocycles. The molecule has 0 aliphatic carbocycles. The van der Waals surface area contributed by atoms with E-state index in [4.69, 9.17) is 4.74 Å². The number of rotatable bonds is 7. The van der Waals surface area contributed by atoms with Gasteiger partial charge in [0.1, 0.15) is 12.7 Å². The standard InChI is InChI=1S/C22H31N5O2/c1-18-4-2-3-5-19(18)15-26-12-9-22(10-13-26)8-6-20(29-22)14-24-21(28)7-11-27-17-23-16-25-27/h2-5,16-17,20H,6-15H2,1H3,(H,24,28). The number of amides is 1. The van der Waals surface area contributed by atoms with Crippen molar-refractivity contribution < 1.29 is 9.53 Å². The van der Waals surface area contributed by atoms with E-state index < -0.39 is 0 Å². The Morgan fingerprint density at radius 2 is 2.10 bits per heavy atom. The number of carbonyl (C=O) groups excluding carboxylic acids is 1. The second kappa shape index (κ2) is 9.05. The zero-order chi connectivity index (χ0) is 20.1. The lowest BCUT2D eigenvalue weighted by molar-refractivity contribution is -0.123. The molecule has 3 heterocycles. The summed E-state index contributed by atoms with van der Waals surface area (Å²) in [5.74, 6) is 0.0399. The highest BCUT2D eigenvalue weighted by Gasteiger charge is 2.42. The zero-order valence-electron chi connectivity index (χ0n) is 17.2. The van der Waals surface area contributed by atoms with Crippen molar-refractivity contribution in [1.29, 1.82) is 0 Å². The normalized spacial score (nSPS) is 21.5. The number of aromatic nitrogens is 3. The summed E-state index contributed by atoms with van der Waals surface area (Å²) < 4.78 is 8.12. The van der Waals surface area contributed by atoms with Crippen LogP contribution in [-0.4, -0.2) is 56.9 Å². The molecule has 1 aromatic heterocycles. The number of hydrogen-bond donors (Lipinski definition) is 1. The number of likely N-dealkylation sites (tertiary alicyclic amines) is 1. The van der Waals surface area contributed by atoms with Crippen LogP contribution >= 0.6 is 0 Å². The molecule has 2 aromatic rings. The van der Waals surface area contributed by atoms with Gasteiger partial charge in [-0.15, -0.1) is 0 Å². The van der Waals surface area contributed by atoms with Crippen molar-refractivity contribution in [1.82, 2.24) is 25.0 Å². The first-order valence-corrected chi connectivity index (χ1v) is 10.7. The van der Waals surface area contributed by atoms with Crippen molar-refractivity contribution in [3.63, 3.8) is 0 Å². The summed E-state index contributed by atoms with van der Waals surface area (Å²) >= 11 is 0. The van der Waals surface area contributed by atoms with E-state index in [0.29, 0.717) is 19.5 Å². The van der Waals surface area contributed by atoms with Crippen LogP contribution in [0.25, 0.3) is 0 Å². The van der Waals surface area contributed by atoms with E-state index in [1.165, 1.54) is 17.5 Å². The van der Waals surface area contributed by atoms with E-state index >= 15 is 0 Å². The Kier molecular flexibility index (Phi) is 6.25. The molecule has 2 fully saturated rings. The van der Waals surface area contributed by atoms with Crippen molar-refractivity contribution in [3.05, 3.63) is 48.0 Å². The Balaban J connectivity index is 1.18. The maximum atomic E-state index is 12.1. The van der Waals surface area contributed by atoms with Gasteiger partial charge >= 0.3 is 0 Å². The fourth-order valence-corrected chi connectivity index (χ4v) is 4.43. The minimum absolute atomic E-state index is 0.0123. The number of carbonyl (C=O) groups is 1. The Morgan fingerprint density at radius 1 is 1.28 bits per heavy atom. The molecule has 29 heavy (non-hydrogen) atoms. The fraction of sp³-hybridized carbons (Fsp3) is 0.591. The molecular weight excluding hydrogens is 366 g/mol. The third-order valence-corrected chi connectivity index (χ3v) is 6.32. The van der Waals surface area contributed by atoms with Crippen LogP contribution in [0, 0.1) is 6.92 Å². The number of piperidine rings is 1. The van der Waals surface area contributed by atoms with Crippen molar-refractivity contribution in [2.24, 2.45) is 0 Å².